The lowest BCUT2D eigenvalue weighted by Gasteiger charge is -2.42. The summed E-state index contributed by atoms with van der Waals surface area (Å²) in [6.07, 6.45) is 4.65. The predicted octanol–water partition coefficient (Wildman–Crippen LogP) is 6.60. The van der Waals surface area contributed by atoms with Gasteiger partial charge in [0.05, 0.1) is 5.56 Å². The van der Waals surface area contributed by atoms with Crippen molar-refractivity contribution in [3.8, 4) is 0 Å². The molecule has 0 heterocycles. The van der Waals surface area contributed by atoms with Gasteiger partial charge in [0.25, 0.3) is 0 Å². The smallest absolute Gasteiger partial charge is 0.335 e. The third-order valence-corrected chi connectivity index (χ3v) is 6.20. The highest BCUT2D eigenvalue weighted by Gasteiger charge is 2.37. The molecule has 1 N–H and O–H groups in total. The molecule has 0 bridgehead atoms. The number of carbonyl (C=O) groups is 1. The number of hydrogen-bond donors (Lipinski definition) is 1. The lowest BCUT2D eigenvalue weighted by Crippen LogP contribution is -2.34. The maximum absolute atomic E-state index is 11.1. The van der Waals surface area contributed by atoms with Crippen molar-refractivity contribution in [1.29, 1.82) is 0 Å². The quantitative estimate of drug-likeness (QED) is 0.624. The number of carboxylic acid groups (broad SMARTS) is 1. The molecule has 3 rings (SSSR count). The number of hydrogen-bond acceptors (Lipinski definition) is 1. The minimum Gasteiger partial charge on any atom is -0.478 e. The van der Waals surface area contributed by atoms with E-state index in [1.807, 2.05) is 12.1 Å². The summed E-state index contributed by atoms with van der Waals surface area (Å²) in [5.74, 6) is -0.890. The number of aromatic carboxylic acids is 1. The van der Waals surface area contributed by atoms with E-state index in [0.29, 0.717) is 5.56 Å². The van der Waals surface area contributed by atoms with Crippen LogP contribution in [0.3, 0.4) is 0 Å². The Hall–Kier alpha value is -2.35. The second kappa shape index (κ2) is 6.67. The molecule has 0 saturated carbocycles. The number of carboxylic acids is 1. The van der Waals surface area contributed by atoms with Crippen molar-refractivity contribution in [3.05, 3.63) is 69.8 Å². The molecule has 0 amide bonds. The molecule has 0 unspecified atom stereocenters. The molecule has 2 aromatic rings. The first-order valence-corrected chi connectivity index (χ1v) is 9.69. The van der Waals surface area contributed by atoms with Crippen molar-refractivity contribution >= 4 is 17.6 Å². The zero-order valence-electron chi connectivity index (χ0n) is 17.3. The average molecular weight is 363 g/mol. The van der Waals surface area contributed by atoms with E-state index in [9.17, 15) is 4.79 Å². The molecular weight excluding hydrogens is 332 g/mol. The fourth-order valence-corrected chi connectivity index (χ4v) is 4.09. The number of aryl methyl sites for hydroxylation is 1. The van der Waals surface area contributed by atoms with Crippen LogP contribution in [-0.4, -0.2) is 11.1 Å². The van der Waals surface area contributed by atoms with Crippen LogP contribution in [0, 0.1) is 6.92 Å². The average Bonchev–Trinajstić information content (AvgIpc) is 2.60. The Balaban J connectivity index is 2.05. The molecule has 0 aromatic heterocycles. The second-order valence-electron chi connectivity index (χ2n) is 9.23. The summed E-state index contributed by atoms with van der Waals surface area (Å²) in [6.45, 7) is 13.7. The highest BCUT2D eigenvalue weighted by atomic mass is 16.4. The van der Waals surface area contributed by atoms with Gasteiger partial charge in [-0.3, -0.25) is 0 Å². The summed E-state index contributed by atoms with van der Waals surface area (Å²) < 4.78 is 0. The molecule has 0 fully saturated rings. The molecule has 1 aliphatic rings. The second-order valence-corrected chi connectivity index (χ2v) is 9.23. The van der Waals surface area contributed by atoms with E-state index in [1.165, 1.54) is 35.1 Å². The predicted molar refractivity (Wildman–Crippen MR) is 113 cm³/mol. The number of rotatable bonds is 3. The molecule has 1 aliphatic carbocycles. The maximum atomic E-state index is 11.1. The van der Waals surface area contributed by atoms with E-state index < -0.39 is 5.97 Å². The van der Waals surface area contributed by atoms with Gasteiger partial charge < -0.3 is 5.11 Å². The van der Waals surface area contributed by atoms with Crippen LogP contribution in [0.25, 0.3) is 11.6 Å². The molecule has 0 aliphatic heterocycles. The summed E-state index contributed by atoms with van der Waals surface area (Å²) >= 11 is 0. The number of benzene rings is 2. The van der Waals surface area contributed by atoms with Gasteiger partial charge in [-0.2, -0.15) is 0 Å². The van der Waals surface area contributed by atoms with Crippen LogP contribution in [0.2, 0.25) is 0 Å². The molecule has 0 radical (unpaired) electrons. The van der Waals surface area contributed by atoms with E-state index in [1.54, 1.807) is 12.1 Å². The van der Waals surface area contributed by atoms with Crippen molar-refractivity contribution < 1.29 is 9.90 Å². The first kappa shape index (κ1) is 19.4. The third-order valence-electron chi connectivity index (χ3n) is 6.20. The third kappa shape index (κ3) is 3.71. The van der Waals surface area contributed by atoms with Gasteiger partial charge in [-0.05, 0) is 83.0 Å². The Morgan fingerprint density at radius 2 is 1.41 bits per heavy atom. The molecular formula is C25H30O2. The highest BCUT2D eigenvalue weighted by molar-refractivity contribution is 5.89. The van der Waals surface area contributed by atoms with Crippen LogP contribution in [0.4, 0.5) is 0 Å². The molecule has 27 heavy (non-hydrogen) atoms. The van der Waals surface area contributed by atoms with Gasteiger partial charge in [0.1, 0.15) is 0 Å². The topological polar surface area (TPSA) is 37.3 Å². The van der Waals surface area contributed by atoms with E-state index in [4.69, 9.17) is 5.11 Å². The lowest BCUT2D eigenvalue weighted by molar-refractivity contribution is 0.0697. The Bertz CT molecular complexity index is 912. The summed E-state index contributed by atoms with van der Waals surface area (Å²) in [7, 11) is 0. The molecule has 2 heteroatoms. The Morgan fingerprint density at radius 3 is 1.93 bits per heavy atom. The minimum absolute atomic E-state index is 0.193. The van der Waals surface area contributed by atoms with E-state index >= 15 is 0 Å². The first-order valence-electron chi connectivity index (χ1n) is 9.69. The Labute approximate surface area is 162 Å². The van der Waals surface area contributed by atoms with E-state index in [-0.39, 0.29) is 10.8 Å². The van der Waals surface area contributed by atoms with Crippen LogP contribution < -0.4 is 0 Å². The van der Waals surface area contributed by atoms with Crippen molar-refractivity contribution in [2.24, 2.45) is 0 Å². The summed E-state index contributed by atoms with van der Waals surface area (Å²) in [5, 5.41) is 9.08. The van der Waals surface area contributed by atoms with Gasteiger partial charge in [-0.1, -0.05) is 58.0 Å². The molecule has 2 aromatic carbocycles. The van der Waals surface area contributed by atoms with Gasteiger partial charge in [0.15, 0.2) is 0 Å². The van der Waals surface area contributed by atoms with Crippen LogP contribution >= 0.6 is 0 Å². The number of allylic oxidation sites excluding steroid dienone is 1. The fraction of sp³-hybridized carbons (Fsp3) is 0.400. The number of fused-ring (bicyclic) bond motifs is 1. The Kier molecular flexibility index (Phi) is 4.80. The van der Waals surface area contributed by atoms with Crippen molar-refractivity contribution in [2.75, 3.05) is 0 Å². The van der Waals surface area contributed by atoms with Crippen LogP contribution in [-0.2, 0) is 10.8 Å². The van der Waals surface area contributed by atoms with Crippen molar-refractivity contribution in [3.63, 3.8) is 0 Å². The molecule has 0 atom stereocenters. The molecule has 2 nitrogen and oxygen atoms in total. The summed E-state index contributed by atoms with van der Waals surface area (Å²) in [6, 6.07) is 11.9. The van der Waals surface area contributed by atoms with Crippen LogP contribution in [0.1, 0.15) is 85.6 Å². The van der Waals surface area contributed by atoms with Gasteiger partial charge in [0.2, 0.25) is 0 Å². The monoisotopic (exact) mass is 362 g/mol. The fourth-order valence-electron chi connectivity index (χ4n) is 4.09. The van der Waals surface area contributed by atoms with Crippen LogP contribution in [0.15, 0.2) is 36.4 Å². The van der Waals surface area contributed by atoms with Gasteiger partial charge >= 0.3 is 5.97 Å². The first-order chi connectivity index (χ1) is 12.5. The molecule has 142 valence electrons. The normalized spacial score (nSPS) is 18.1. The Morgan fingerprint density at radius 1 is 0.926 bits per heavy atom. The SMILES string of the molecule is C/C(=C/c1cc2c(cc1C)C(C)(C)CCC2(C)C)c1ccc(C(=O)O)cc1. The minimum atomic E-state index is -0.890. The summed E-state index contributed by atoms with van der Waals surface area (Å²) in [5.41, 5.74) is 8.42. The summed E-state index contributed by atoms with van der Waals surface area (Å²) in [4.78, 5) is 11.1. The van der Waals surface area contributed by atoms with Gasteiger partial charge in [-0.15, -0.1) is 0 Å². The standard InChI is InChI=1S/C25H30O2/c1-16(18-7-9-19(10-8-18)23(26)27)13-20-15-22-21(14-17(20)2)24(3,4)11-12-25(22,5)6/h7-10,13-15H,11-12H2,1-6H3,(H,26,27)/b16-13-. The zero-order valence-corrected chi connectivity index (χ0v) is 17.3. The lowest BCUT2D eigenvalue weighted by atomic mass is 9.62. The van der Waals surface area contributed by atoms with Gasteiger partial charge in [0, 0.05) is 0 Å². The maximum Gasteiger partial charge on any atom is 0.335 e. The largest absolute Gasteiger partial charge is 0.478 e. The molecule has 0 spiro atoms. The van der Waals surface area contributed by atoms with Crippen LogP contribution in [0.5, 0.6) is 0 Å². The highest BCUT2D eigenvalue weighted by Crippen LogP contribution is 2.46. The molecule has 0 saturated heterocycles. The van der Waals surface area contributed by atoms with E-state index in [0.717, 1.165) is 11.1 Å². The van der Waals surface area contributed by atoms with Gasteiger partial charge in [-0.25, -0.2) is 4.79 Å². The van der Waals surface area contributed by atoms with Crippen molar-refractivity contribution in [1.82, 2.24) is 0 Å². The van der Waals surface area contributed by atoms with Crippen molar-refractivity contribution in [2.45, 2.75) is 65.2 Å². The zero-order chi connectivity index (χ0) is 20.0. The van der Waals surface area contributed by atoms with E-state index in [2.05, 4.69) is 59.8 Å².